The van der Waals surface area contributed by atoms with Gasteiger partial charge in [0.1, 0.15) is 12.4 Å². The minimum Gasteiger partial charge on any atom is -0.492 e. The number of carbonyl (C=O) groups is 2. The maximum Gasteiger partial charge on any atom is 0.230 e. The molecule has 1 N–H and O–H groups in total. The molecule has 5 nitrogen and oxygen atoms in total. The zero-order chi connectivity index (χ0) is 17.8. The van der Waals surface area contributed by atoms with Gasteiger partial charge in [0.05, 0.1) is 12.5 Å². The fourth-order valence-corrected chi connectivity index (χ4v) is 2.97. The van der Waals surface area contributed by atoms with Crippen LogP contribution in [0.5, 0.6) is 5.75 Å². The fourth-order valence-electron chi connectivity index (χ4n) is 2.84. The first-order valence-electron chi connectivity index (χ1n) is 8.06. The van der Waals surface area contributed by atoms with E-state index in [9.17, 15) is 9.59 Å². The van der Waals surface area contributed by atoms with Crippen LogP contribution in [0.25, 0.3) is 0 Å². The lowest BCUT2D eigenvalue weighted by Gasteiger charge is -2.28. The lowest BCUT2D eigenvalue weighted by atomic mass is 9.89. The molecular formula is C19H19ClN2O3. The molecule has 0 saturated heterocycles. The van der Waals surface area contributed by atoms with E-state index in [-0.39, 0.29) is 18.2 Å². The molecule has 2 amide bonds. The Kier molecular flexibility index (Phi) is 5.24. The van der Waals surface area contributed by atoms with E-state index < -0.39 is 5.92 Å². The Hall–Kier alpha value is -2.53. The molecule has 2 aromatic carbocycles. The number of nitrogens with zero attached hydrogens (tertiary/aromatic N) is 1. The first kappa shape index (κ1) is 17.3. The summed E-state index contributed by atoms with van der Waals surface area (Å²) in [6.07, 6.45) is 0.165. The van der Waals surface area contributed by atoms with Crippen LogP contribution < -0.4 is 10.1 Å². The number of likely N-dealkylation sites (N-methyl/N-ethyl adjacent to an activating group) is 1. The average molecular weight is 359 g/mol. The third kappa shape index (κ3) is 4.12. The number of para-hydroxylation sites is 1. The molecule has 0 saturated carbocycles. The van der Waals surface area contributed by atoms with Gasteiger partial charge in [-0.25, -0.2) is 0 Å². The molecule has 0 fully saturated rings. The van der Waals surface area contributed by atoms with Crippen LogP contribution >= 0.6 is 11.6 Å². The van der Waals surface area contributed by atoms with E-state index in [0.717, 1.165) is 5.56 Å². The topological polar surface area (TPSA) is 58.6 Å². The van der Waals surface area contributed by atoms with Gasteiger partial charge in [-0.1, -0.05) is 29.8 Å². The summed E-state index contributed by atoms with van der Waals surface area (Å²) in [6, 6.07) is 14.5. The highest BCUT2D eigenvalue weighted by Gasteiger charge is 2.32. The van der Waals surface area contributed by atoms with Crippen molar-refractivity contribution < 1.29 is 14.3 Å². The summed E-state index contributed by atoms with van der Waals surface area (Å²) < 4.78 is 5.63. The maximum absolute atomic E-state index is 12.8. The Labute approximate surface area is 151 Å². The summed E-state index contributed by atoms with van der Waals surface area (Å²) in [4.78, 5) is 26.2. The second kappa shape index (κ2) is 7.57. The number of carbonyl (C=O) groups excluding carboxylic acids is 2. The summed E-state index contributed by atoms with van der Waals surface area (Å²) in [5, 5.41) is 3.45. The van der Waals surface area contributed by atoms with Gasteiger partial charge in [0.15, 0.2) is 0 Å². The van der Waals surface area contributed by atoms with Crippen LogP contribution in [0.1, 0.15) is 17.9 Å². The smallest absolute Gasteiger partial charge is 0.230 e. The van der Waals surface area contributed by atoms with Gasteiger partial charge >= 0.3 is 0 Å². The van der Waals surface area contributed by atoms with Crippen LogP contribution in [0, 0.1) is 0 Å². The van der Waals surface area contributed by atoms with E-state index in [2.05, 4.69) is 5.32 Å². The van der Waals surface area contributed by atoms with Crippen molar-refractivity contribution >= 4 is 29.1 Å². The molecule has 0 bridgehead atoms. The van der Waals surface area contributed by atoms with E-state index in [1.807, 2.05) is 24.3 Å². The van der Waals surface area contributed by atoms with Gasteiger partial charge in [0, 0.05) is 24.2 Å². The molecule has 0 spiro atoms. The predicted octanol–water partition coefficient (Wildman–Crippen LogP) is 3.30. The standard InChI is InChI=1S/C19H19ClN2O3/c1-22(10-11-25-14-8-6-13(20)7-9-14)19(24)16-12-18(23)21-17-5-3-2-4-15(16)17/h2-9,16H,10-12H2,1H3,(H,21,23). The van der Waals surface area contributed by atoms with Crippen molar-refractivity contribution in [3.8, 4) is 5.75 Å². The number of hydrogen-bond donors (Lipinski definition) is 1. The Morgan fingerprint density at radius 2 is 1.96 bits per heavy atom. The summed E-state index contributed by atoms with van der Waals surface area (Å²) in [6.45, 7) is 0.798. The first-order chi connectivity index (χ1) is 12.0. The highest BCUT2D eigenvalue weighted by atomic mass is 35.5. The average Bonchev–Trinajstić information content (AvgIpc) is 2.62. The third-order valence-electron chi connectivity index (χ3n) is 4.18. The fraction of sp³-hybridized carbons (Fsp3) is 0.263. The van der Waals surface area contributed by atoms with Crippen molar-refractivity contribution in [1.82, 2.24) is 4.90 Å². The molecule has 6 heteroatoms. The van der Waals surface area contributed by atoms with E-state index in [0.29, 0.717) is 29.6 Å². The Morgan fingerprint density at radius 3 is 2.72 bits per heavy atom. The number of rotatable bonds is 5. The maximum atomic E-state index is 12.8. The molecule has 1 aliphatic rings. The van der Waals surface area contributed by atoms with Crippen molar-refractivity contribution in [2.75, 3.05) is 25.5 Å². The van der Waals surface area contributed by atoms with Crippen LogP contribution in [-0.2, 0) is 9.59 Å². The van der Waals surface area contributed by atoms with Crippen molar-refractivity contribution in [3.63, 3.8) is 0 Å². The summed E-state index contributed by atoms with van der Waals surface area (Å²) >= 11 is 5.84. The number of anilines is 1. The van der Waals surface area contributed by atoms with Crippen molar-refractivity contribution in [3.05, 3.63) is 59.1 Å². The largest absolute Gasteiger partial charge is 0.492 e. The van der Waals surface area contributed by atoms with Crippen LogP contribution in [0.4, 0.5) is 5.69 Å². The van der Waals surface area contributed by atoms with E-state index >= 15 is 0 Å². The number of ether oxygens (including phenoxy) is 1. The van der Waals surface area contributed by atoms with E-state index in [1.165, 1.54) is 0 Å². The summed E-state index contributed by atoms with van der Waals surface area (Å²) in [5.74, 6) is 0.0305. The normalized spacial score (nSPS) is 15.9. The monoisotopic (exact) mass is 358 g/mol. The molecular weight excluding hydrogens is 340 g/mol. The molecule has 2 aromatic rings. The number of amides is 2. The van der Waals surface area contributed by atoms with Gasteiger partial charge in [-0.05, 0) is 35.9 Å². The van der Waals surface area contributed by atoms with Gasteiger partial charge in [0.2, 0.25) is 11.8 Å². The van der Waals surface area contributed by atoms with Crippen LogP contribution in [0.15, 0.2) is 48.5 Å². The molecule has 1 atom stereocenters. The van der Waals surface area contributed by atoms with Crippen molar-refractivity contribution in [1.29, 1.82) is 0 Å². The Bertz CT molecular complexity index is 776. The molecule has 1 heterocycles. The summed E-state index contributed by atoms with van der Waals surface area (Å²) in [7, 11) is 1.72. The molecule has 1 aliphatic heterocycles. The third-order valence-corrected chi connectivity index (χ3v) is 4.44. The van der Waals surface area contributed by atoms with Crippen molar-refractivity contribution in [2.45, 2.75) is 12.3 Å². The quantitative estimate of drug-likeness (QED) is 0.892. The Balaban J connectivity index is 1.60. The minimum absolute atomic E-state index is 0.0815. The molecule has 130 valence electrons. The lowest BCUT2D eigenvalue weighted by Crippen LogP contribution is -2.38. The minimum atomic E-state index is -0.453. The molecule has 0 aliphatic carbocycles. The lowest BCUT2D eigenvalue weighted by molar-refractivity contribution is -0.134. The number of nitrogens with one attached hydrogen (secondary N) is 1. The zero-order valence-corrected chi connectivity index (χ0v) is 14.6. The van der Waals surface area contributed by atoms with Crippen LogP contribution in [-0.4, -0.2) is 36.9 Å². The van der Waals surface area contributed by atoms with Gasteiger partial charge in [0.25, 0.3) is 0 Å². The summed E-state index contributed by atoms with van der Waals surface area (Å²) in [5.41, 5.74) is 1.57. The van der Waals surface area contributed by atoms with Crippen LogP contribution in [0.3, 0.4) is 0 Å². The van der Waals surface area contributed by atoms with E-state index in [1.54, 1.807) is 36.2 Å². The second-order valence-corrected chi connectivity index (χ2v) is 6.39. The zero-order valence-electron chi connectivity index (χ0n) is 13.9. The SMILES string of the molecule is CN(CCOc1ccc(Cl)cc1)C(=O)C1CC(=O)Nc2ccccc21. The highest BCUT2D eigenvalue weighted by molar-refractivity contribution is 6.30. The first-order valence-corrected chi connectivity index (χ1v) is 8.44. The second-order valence-electron chi connectivity index (χ2n) is 5.95. The van der Waals surface area contributed by atoms with Gasteiger partial charge < -0.3 is 15.0 Å². The van der Waals surface area contributed by atoms with Crippen LogP contribution in [0.2, 0.25) is 5.02 Å². The Morgan fingerprint density at radius 1 is 1.24 bits per heavy atom. The molecule has 0 aromatic heterocycles. The number of halogens is 1. The predicted molar refractivity (Wildman–Crippen MR) is 97.0 cm³/mol. The molecule has 1 unspecified atom stereocenters. The van der Waals surface area contributed by atoms with Crippen molar-refractivity contribution in [2.24, 2.45) is 0 Å². The number of fused-ring (bicyclic) bond motifs is 1. The number of benzene rings is 2. The van der Waals surface area contributed by atoms with E-state index in [4.69, 9.17) is 16.3 Å². The van der Waals surface area contributed by atoms with Gasteiger partial charge in [-0.2, -0.15) is 0 Å². The van der Waals surface area contributed by atoms with Gasteiger partial charge in [-0.15, -0.1) is 0 Å². The molecule has 25 heavy (non-hydrogen) atoms. The van der Waals surface area contributed by atoms with Gasteiger partial charge in [-0.3, -0.25) is 9.59 Å². The molecule has 0 radical (unpaired) electrons. The molecule has 3 rings (SSSR count). The number of hydrogen-bond acceptors (Lipinski definition) is 3. The highest BCUT2D eigenvalue weighted by Crippen LogP contribution is 2.33.